The van der Waals surface area contributed by atoms with Gasteiger partial charge in [0.15, 0.2) is 11.6 Å². The van der Waals surface area contributed by atoms with E-state index in [-0.39, 0.29) is 11.1 Å². The maximum atomic E-state index is 13.4. The largest absolute Gasteiger partial charge is 0.329 e. The van der Waals surface area contributed by atoms with Crippen molar-refractivity contribution in [3.8, 4) is 0 Å². The van der Waals surface area contributed by atoms with Crippen LogP contribution < -0.4 is 16.6 Å². The summed E-state index contributed by atoms with van der Waals surface area (Å²) in [7, 11) is 0. The summed E-state index contributed by atoms with van der Waals surface area (Å²) in [6.45, 7) is 3.35. The number of nitrogens with zero attached hydrogens (tertiary/aromatic N) is 1. The number of para-hydroxylation sites is 1. The molecule has 27 heavy (non-hydrogen) atoms. The first-order chi connectivity index (χ1) is 12.8. The lowest BCUT2D eigenvalue weighted by Gasteiger charge is -2.22. The minimum atomic E-state index is -1.14. The quantitative estimate of drug-likeness (QED) is 0.738. The van der Waals surface area contributed by atoms with E-state index in [9.17, 15) is 23.2 Å². The van der Waals surface area contributed by atoms with Gasteiger partial charge < -0.3 is 10.3 Å². The summed E-state index contributed by atoms with van der Waals surface area (Å²) in [6.07, 6.45) is 0. The van der Waals surface area contributed by atoms with Gasteiger partial charge in [0.25, 0.3) is 5.56 Å². The normalized spacial score (nSPS) is 12.3. The van der Waals surface area contributed by atoms with Gasteiger partial charge in [-0.05, 0) is 30.2 Å². The highest BCUT2D eigenvalue weighted by molar-refractivity contribution is 5.94. The second-order valence-electron chi connectivity index (χ2n) is 6.46. The Balaban J connectivity index is 2.07. The van der Waals surface area contributed by atoms with E-state index in [1.165, 1.54) is 6.07 Å². The fourth-order valence-electron chi connectivity index (χ4n) is 2.94. The molecule has 0 fully saturated rings. The lowest BCUT2D eigenvalue weighted by atomic mass is 10.0. The maximum absolute atomic E-state index is 13.4. The number of aromatic amines is 1. The zero-order chi connectivity index (χ0) is 19.7. The van der Waals surface area contributed by atoms with E-state index in [4.69, 9.17) is 0 Å². The molecule has 140 valence electrons. The number of benzene rings is 2. The third-order valence-electron chi connectivity index (χ3n) is 4.20. The summed E-state index contributed by atoms with van der Waals surface area (Å²) in [5.74, 6) is -3.26. The fourth-order valence-corrected chi connectivity index (χ4v) is 2.94. The van der Waals surface area contributed by atoms with Crippen LogP contribution >= 0.6 is 0 Å². The molecule has 0 bridgehead atoms. The molecule has 0 aliphatic carbocycles. The summed E-state index contributed by atoms with van der Waals surface area (Å²) >= 11 is 0. The molecule has 0 radical (unpaired) electrons. The Morgan fingerprint density at radius 1 is 1.07 bits per heavy atom. The van der Waals surface area contributed by atoms with Crippen LogP contribution in [0.3, 0.4) is 0 Å². The number of amides is 1. The van der Waals surface area contributed by atoms with Crippen molar-refractivity contribution >= 4 is 22.5 Å². The third kappa shape index (κ3) is 3.51. The van der Waals surface area contributed by atoms with E-state index in [1.807, 2.05) is 0 Å². The minimum Gasteiger partial charge on any atom is -0.324 e. The van der Waals surface area contributed by atoms with Crippen molar-refractivity contribution in [3.63, 3.8) is 0 Å². The van der Waals surface area contributed by atoms with Crippen molar-refractivity contribution in [1.82, 2.24) is 9.55 Å². The number of halogens is 2. The molecular weight excluding hydrogens is 356 g/mol. The first-order valence-electron chi connectivity index (χ1n) is 8.29. The van der Waals surface area contributed by atoms with Gasteiger partial charge in [-0.3, -0.25) is 9.59 Å². The van der Waals surface area contributed by atoms with Crippen LogP contribution in [-0.2, 0) is 4.79 Å². The first kappa shape index (κ1) is 18.5. The van der Waals surface area contributed by atoms with E-state index in [0.29, 0.717) is 5.52 Å². The highest BCUT2D eigenvalue weighted by atomic mass is 19.2. The minimum absolute atomic E-state index is 0.0230. The van der Waals surface area contributed by atoms with E-state index < -0.39 is 40.8 Å². The van der Waals surface area contributed by atoms with Crippen LogP contribution in [0.1, 0.15) is 19.9 Å². The van der Waals surface area contributed by atoms with Gasteiger partial charge in [0.05, 0.1) is 10.9 Å². The fraction of sp³-hybridized carbons (Fsp3) is 0.211. The number of hydrogen-bond donors (Lipinski definition) is 2. The maximum Gasteiger partial charge on any atom is 0.329 e. The van der Waals surface area contributed by atoms with Gasteiger partial charge in [-0.2, -0.15) is 0 Å². The molecule has 0 saturated heterocycles. The van der Waals surface area contributed by atoms with Gasteiger partial charge in [0.1, 0.15) is 6.04 Å². The smallest absolute Gasteiger partial charge is 0.324 e. The number of carbonyl (C=O) groups excluding carboxylic acids is 1. The Kier molecular flexibility index (Phi) is 4.89. The molecule has 3 rings (SSSR count). The van der Waals surface area contributed by atoms with Crippen LogP contribution in [0.5, 0.6) is 0 Å². The van der Waals surface area contributed by atoms with E-state index >= 15 is 0 Å². The first-order valence-corrected chi connectivity index (χ1v) is 8.29. The molecule has 0 aliphatic heterocycles. The third-order valence-corrected chi connectivity index (χ3v) is 4.20. The van der Waals surface area contributed by atoms with Crippen LogP contribution in [0, 0.1) is 17.6 Å². The average Bonchev–Trinajstić information content (AvgIpc) is 2.61. The number of carbonyl (C=O) groups is 1. The van der Waals surface area contributed by atoms with Crippen molar-refractivity contribution in [2.75, 3.05) is 5.32 Å². The molecule has 0 spiro atoms. The predicted molar refractivity (Wildman–Crippen MR) is 97.7 cm³/mol. The van der Waals surface area contributed by atoms with Gasteiger partial charge >= 0.3 is 5.69 Å². The van der Waals surface area contributed by atoms with Crippen LogP contribution in [0.4, 0.5) is 14.5 Å². The van der Waals surface area contributed by atoms with Crippen LogP contribution in [-0.4, -0.2) is 15.5 Å². The molecule has 2 aromatic carbocycles. The predicted octanol–water partition coefficient (Wildman–Crippen LogP) is 2.80. The Morgan fingerprint density at radius 2 is 1.78 bits per heavy atom. The molecule has 1 heterocycles. The topological polar surface area (TPSA) is 84.0 Å². The van der Waals surface area contributed by atoms with Crippen LogP contribution in [0.15, 0.2) is 52.1 Å². The SMILES string of the molecule is CC(C)C(C(=O)Nc1ccc(F)c(F)c1)n1c(=O)[nH]c2ccccc2c1=O. The number of nitrogens with one attached hydrogen (secondary N) is 2. The van der Waals surface area contributed by atoms with Gasteiger partial charge in [-0.25, -0.2) is 18.1 Å². The molecular formula is C19H17F2N3O3. The lowest BCUT2D eigenvalue weighted by Crippen LogP contribution is -2.44. The Labute approximate surface area is 152 Å². The molecule has 6 nitrogen and oxygen atoms in total. The van der Waals surface area contributed by atoms with Crippen molar-refractivity contribution in [3.05, 3.63) is 74.9 Å². The highest BCUT2D eigenvalue weighted by Crippen LogP contribution is 2.20. The van der Waals surface area contributed by atoms with Crippen LogP contribution in [0.25, 0.3) is 10.9 Å². The van der Waals surface area contributed by atoms with Crippen molar-refractivity contribution in [2.24, 2.45) is 5.92 Å². The molecule has 3 aromatic rings. The summed E-state index contributed by atoms with van der Waals surface area (Å²) < 4.78 is 27.3. The monoisotopic (exact) mass is 373 g/mol. The number of aromatic nitrogens is 2. The van der Waals surface area contributed by atoms with Gasteiger partial charge in [-0.15, -0.1) is 0 Å². The van der Waals surface area contributed by atoms with Crippen molar-refractivity contribution < 1.29 is 13.6 Å². The molecule has 0 saturated carbocycles. The van der Waals surface area contributed by atoms with Gasteiger partial charge in [-0.1, -0.05) is 26.0 Å². The van der Waals surface area contributed by atoms with Crippen LogP contribution in [0.2, 0.25) is 0 Å². The second kappa shape index (κ2) is 7.14. The summed E-state index contributed by atoms with van der Waals surface area (Å²) in [6, 6.07) is 8.24. The highest BCUT2D eigenvalue weighted by Gasteiger charge is 2.28. The van der Waals surface area contributed by atoms with Gasteiger partial charge in [0, 0.05) is 11.8 Å². The molecule has 2 N–H and O–H groups in total. The summed E-state index contributed by atoms with van der Waals surface area (Å²) in [4.78, 5) is 40.6. The Hall–Kier alpha value is -3.29. The molecule has 0 aliphatic rings. The van der Waals surface area contributed by atoms with E-state index in [1.54, 1.807) is 38.1 Å². The zero-order valence-corrected chi connectivity index (χ0v) is 14.6. The van der Waals surface area contributed by atoms with E-state index in [2.05, 4.69) is 10.3 Å². The number of H-pyrrole nitrogens is 1. The molecule has 1 amide bonds. The second-order valence-corrected chi connectivity index (χ2v) is 6.46. The standard InChI is InChI=1S/C19H17F2N3O3/c1-10(2)16(17(25)22-11-7-8-13(20)14(21)9-11)24-18(26)12-5-3-4-6-15(12)23-19(24)27/h3-10,16H,1-2H3,(H,22,25)(H,23,27). The van der Waals surface area contributed by atoms with Crippen molar-refractivity contribution in [2.45, 2.75) is 19.9 Å². The number of anilines is 1. The zero-order valence-electron chi connectivity index (χ0n) is 14.6. The lowest BCUT2D eigenvalue weighted by molar-refractivity contribution is -0.120. The molecule has 1 aromatic heterocycles. The van der Waals surface area contributed by atoms with Gasteiger partial charge in [0.2, 0.25) is 5.91 Å². The Morgan fingerprint density at radius 3 is 2.44 bits per heavy atom. The molecule has 1 atom stereocenters. The van der Waals surface area contributed by atoms with Crippen molar-refractivity contribution in [1.29, 1.82) is 0 Å². The number of rotatable bonds is 4. The summed E-state index contributed by atoms with van der Waals surface area (Å²) in [5, 5.41) is 2.70. The molecule has 1 unspecified atom stereocenters. The average molecular weight is 373 g/mol. The molecule has 8 heteroatoms. The number of fused-ring (bicyclic) bond motifs is 1. The number of hydrogen-bond acceptors (Lipinski definition) is 3. The summed E-state index contributed by atoms with van der Waals surface area (Å²) in [5.41, 5.74) is -0.937. The Bertz CT molecular complexity index is 1130. The van der Waals surface area contributed by atoms with E-state index in [0.717, 1.165) is 16.7 Å².